The molecule has 0 aliphatic carbocycles. The first-order chi connectivity index (χ1) is 5.24. The van der Waals surface area contributed by atoms with Crippen LogP contribution in [0.5, 0.6) is 0 Å². The van der Waals surface area contributed by atoms with Crippen LogP contribution in [0.2, 0.25) is 0 Å². The van der Waals surface area contributed by atoms with Crippen LogP contribution in [0.25, 0.3) is 0 Å². The maximum absolute atomic E-state index is 9.78. The predicted octanol–water partition coefficient (Wildman–Crippen LogP) is 2.70. The Bertz CT molecular complexity index is 278. The Morgan fingerprint density at radius 3 is 2.82 bits per heavy atom. The van der Waals surface area contributed by atoms with Crippen LogP contribution in [0.4, 0.5) is 5.82 Å². The van der Waals surface area contributed by atoms with Crippen molar-refractivity contribution in [2.24, 2.45) is 5.29 Å². The van der Waals surface area contributed by atoms with E-state index in [0.29, 0.717) is 10.3 Å². The summed E-state index contributed by atoms with van der Waals surface area (Å²) >= 11 is 6.41. The van der Waals surface area contributed by atoms with Crippen LogP contribution >= 0.6 is 31.9 Å². The molecule has 58 valence electrons. The number of pyridine rings is 1. The van der Waals surface area contributed by atoms with Gasteiger partial charge in [0.05, 0.1) is 9.76 Å². The van der Waals surface area contributed by atoms with Gasteiger partial charge in [0, 0.05) is 10.7 Å². The molecule has 0 aromatic carbocycles. The molecule has 1 aromatic heterocycles. The summed E-state index contributed by atoms with van der Waals surface area (Å²) in [5.41, 5.74) is 2.19. The molecule has 0 aliphatic rings. The highest BCUT2D eigenvalue weighted by Gasteiger charge is 1.99. The summed E-state index contributed by atoms with van der Waals surface area (Å²) in [5, 5.41) is 2.49. The molecule has 1 aromatic rings. The van der Waals surface area contributed by atoms with E-state index >= 15 is 0 Å². The first-order valence-corrected chi connectivity index (χ1v) is 4.22. The summed E-state index contributed by atoms with van der Waals surface area (Å²) in [7, 11) is 0. The van der Waals surface area contributed by atoms with Gasteiger partial charge in [-0.2, -0.15) is 0 Å². The summed E-state index contributed by atoms with van der Waals surface area (Å²) in [6, 6.07) is 1.76. The maximum Gasteiger partial charge on any atom is 0.163 e. The van der Waals surface area contributed by atoms with Crippen molar-refractivity contribution in [3.8, 4) is 0 Å². The smallest absolute Gasteiger partial charge is 0.163 e. The Hall–Kier alpha value is -0.490. The number of hydrogen-bond acceptors (Lipinski definition) is 3. The zero-order chi connectivity index (χ0) is 8.27. The molecule has 0 unspecified atom stereocenters. The highest BCUT2D eigenvalue weighted by atomic mass is 79.9. The Kier molecular flexibility index (Phi) is 2.95. The van der Waals surface area contributed by atoms with Crippen molar-refractivity contribution < 1.29 is 0 Å². The first-order valence-electron chi connectivity index (χ1n) is 2.63. The number of anilines is 1. The zero-order valence-corrected chi connectivity index (χ0v) is 8.39. The minimum atomic E-state index is 0.406. The van der Waals surface area contributed by atoms with Crippen molar-refractivity contribution in [2.75, 3.05) is 5.43 Å². The largest absolute Gasteiger partial charge is 0.235 e. The Morgan fingerprint density at radius 1 is 1.55 bits per heavy atom. The minimum Gasteiger partial charge on any atom is -0.235 e. The van der Waals surface area contributed by atoms with Crippen LogP contribution in [-0.2, 0) is 0 Å². The molecule has 0 aliphatic heterocycles. The van der Waals surface area contributed by atoms with Crippen molar-refractivity contribution >= 4 is 37.7 Å². The van der Waals surface area contributed by atoms with Crippen molar-refractivity contribution in [3.63, 3.8) is 0 Å². The first kappa shape index (κ1) is 8.61. The van der Waals surface area contributed by atoms with Gasteiger partial charge in [-0.05, 0) is 37.9 Å². The molecule has 0 fully saturated rings. The fourth-order valence-electron chi connectivity index (χ4n) is 0.540. The number of rotatable bonds is 2. The van der Waals surface area contributed by atoms with Gasteiger partial charge in [-0.15, -0.1) is 4.91 Å². The van der Waals surface area contributed by atoms with E-state index in [1.54, 1.807) is 12.3 Å². The zero-order valence-electron chi connectivity index (χ0n) is 5.21. The molecule has 0 saturated carbocycles. The topological polar surface area (TPSA) is 54.4 Å². The number of nitrogens with zero attached hydrogens (tertiary/aromatic N) is 2. The van der Waals surface area contributed by atoms with Crippen molar-refractivity contribution in [1.82, 2.24) is 4.98 Å². The molecule has 0 radical (unpaired) electrons. The van der Waals surface area contributed by atoms with E-state index < -0.39 is 0 Å². The highest BCUT2D eigenvalue weighted by Crippen LogP contribution is 2.23. The third-order valence-electron chi connectivity index (χ3n) is 0.959. The van der Waals surface area contributed by atoms with E-state index in [0.717, 1.165) is 4.47 Å². The molecule has 0 bridgehead atoms. The summed E-state index contributed by atoms with van der Waals surface area (Å²) in [5.74, 6) is 0.406. The Morgan fingerprint density at radius 2 is 2.27 bits per heavy atom. The van der Waals surface area contributed by atoms with Crippen LogP contribution in [0.3, 0.4) is 0 Å². The van der Waals surface area contributed by atoms with Gasteiger partial charge >= 0.3 is 0 Å². The lowest BCUT2D eigenvalue weighted by molar-refractivity contribution is 1.19. The summed E-state index contributed by atoms with van der Waals surface area (Å²) < 4.78 is 1.52. The van der Waals surface area contributed by atoms with Crippen LogP contribution in [0.15, 0.2) is 26.5 Å². The van der Waals surface area contributed by atoms with Gasteiger partial charge in [0.15, 0.2) is 5.82 Å². The van der Waals surface area contributed by atoms with Gasteiger partial charge in [0.2, 0.25) is 0 Å². The summed E-state index contributed by atoms with van der Waals surface area (Å²) in [4.78, 5) is 13.6. The SMILES string of the molecule is O=NNc1ncc(Br)cc1Br. The van der Waals surface area contributed by atoms with Crippen LogP contribution in [-0.4, -0.2) is 4.98 Å². The average Bonchev–Trinajstić information content (AvgIpc) is 1.95. The van der Waals surface area contributed by atoms with Gasteiger partial charge in [-0.1, -0.05) is 0 Å². The van der Waals surface area contributed by atoms with Crippen molar-refractivity contribution in [2.45, 2.75) is 0 Å². The standard InChI is InChI=1S/C5H3Br2N3O/c6-3-1-4(7)5(8-2-3)9-10-11/h1-2H,(H,8,9,11). The number of halogens is 2. The molecular weight excluding hydrogens is 278 g/mol. The van der Waals surface area contributed by atoms with E-state index in [9.17, 15) is 4.91 Å². The van der Waals surface area contributed by atoms with Gasteiger partial charge in [0.1, 0.15) is 0 Å². The number of nitroso groups, excluding NO2 is 1. The van der Waals surface area contributed by atoms with Gasteiger partial charge in [-0.25, -0.2) is 10.4 Å². The molecule has 0 saturated heterocycles. The normalized spacial score (nSPS) is 9.27. The fourth-order valence-corrected chi connectivity index (χ4v) is 1.62. The number of nitrogens with one attached hydrogen (secondary N) is 1. The molecule has 4 nitrogen and oxygen atoms in total. The Labute approximate surface area is 79.6 Å². The van der Waals surface area contributed by atoms with E-state index in [2.05, 4.69) is 47.6 Å². The van der Waals surface area contributed by atoms with Gasteiger partial charge < -0.3 is 0 Å². The van der Waals surface area contributed by atoms with E-state index in [1.807, 2.05) is 0 Å². The molecule has 1 rings (SSSR count). The second kappa shape index (κ2) is 3.77. The molecule has 6 heteroatoms. The molecule has 0 atom stereocenters. The van der Waals surface area contributed by atoms with Crippen molar-refractivity contribution in [1.29, 1.82) is 0 Å². The summed E-state index contributed by atoms with van der Waals surface area (Å²) in [6.07, 6.45) is 1.57. The second-order valence-electron chi connectivity index (χ2n) is 1.69. The third kappa shape index (κ3) is 2.23. The lowest BCUT2D eigenvalue weighted by Crippen LogP contribution is -1.90. The van der Waals surface area contributed by atoms with E-state index in [4.69, 9.17) is 0 Å². The van der Waals surface area contributed by atoms with Crippen LogP contribution in [0, 0.1) is 4.91 Å². The minimum absolute atomic E-state index is 0.406. The van der Waals surface area contributed by atoms with Gasteiger partial charge in [0.25, 0.3) is 0 Å². The van der Waals surface area contributed by atoms with Crippen LogP contribution < -0.4 is 5.43 Å². The van der Waals surface area contributed by atoms with E-state index in [1.165, 1.54) is 0 Å². The van der Waals surface area contributed by atoms with Crippen molar-refractivity contribution in [3.05, 3.63) is 26.1 Å². The molecular formula is C5H3Br2N3O. The molecule has 1 N–H and O–H groups in total. The highest BCUT2D eigenvalue weighted by molar-refractivity contribution is 9.11. The maximum atomic E-state index is 9.78. The van der Waals surface area contributed by atoms with E-state index in [-0.39, 0.29) is 0 Å². The lowest BCUT2D eigenvalue weighted by atomic mass is 10.5. The molecule has 0 amide bonds. The lowest BCUT2D eigenvalue weighted by Gasteiger charge is -1.98. The second-order valence-corrected chi connectivity index (χ2v) is 3.46. The number of aromatic nitrogens is 1. The predicted molar refractivity (Wildman–Crippen MR) is 49.1 cm³/mol. The molecule has 1 heterocycles. The Balaban J connectivity index is 2.98. The quantitative estimate of drug-likeness (QED) is 0.669. The third-order valence-corrected chi connectivity index (χ3v) is 2.00. The monoisotopic (exact) mass is 279 g/mol. The average molecular weight is 281 g/mol. The fraction of sp³-hybridized carbons (Fsp3) is 0. The molecule has 0 spiro atoms. The summed E-state index contributed by atoms with van der Waals surface area (Å²) in [6.45, 7) is 0. The van der Waals surface area contributed by atoms with Gasteiger partial charge in [-0.3, -0.25) is 0 Å². The number of hydrogen-bond donors (Lipinski definition) is 1. The van der Waals surface area contributed by atoms with Crippen LogP contribution in [0.1, 0.15) is 0 Å². The molecule has 11 heavy (non-hydrogen) atoms.